The van der Waals surface area contributed by atoms with Crippen LogP contribution in [0.15, 0.2) is 10.2 Å². The van der Waals surface area contributed by atoms with Crippen molar-refractivity contribution in [2.75, 3.05) is 0 Å². The lowest BCUT2D eigenvalue weighted by atomic mass is 10.3. The van der Waals surface area contributed by atoms with Gasteiger partial charge >= 0.3 is 0 Å². The summed E-state index contributed by atoms with van der Waals surface area (Å²) in [5.41, 5.74) is 10.5. The molecule has 0 fully saturated rings. The highest BCUT2D eigenvalue weighted by molar-refractivity contribution is 6.02. The summed E-state index contributed by atoms with van der Waals surface area (Å²) in [6.45, 7) is 0. The highest BCUT2D eigenvalue weighted by Gasteiger charge is 2.06. The number of amidine groups is 1. The quantitative estimate of drug-likeness (QED) is 0.394. The molecule has 0 spiro atoms. The molecule has 38 valence electrons. The first-order valence-electron chi connectivity index (χ1n) is 1.93. The maximum absolute atomic E-state index is 5.27. The minimum absolute atomic E-state index is 0.250. The third kappa shape index (κ3) is 0.592. The summed E-state index contributed by atoms with van der Waals surface area (Å²) in [6, 6.07) is -0.250. The van der Waals surface area contributed by atoms with Crippen molar-refractivity contribution < 1.29 is 0 Å². The maximum Gasteiger partial charge on any atom is 0.144 e. The smallest absolute Gasteiger partial charge is 0.144 e. The second-order valence-electron chi connectivity index (χ2n) is 1.32. The molecular weight excluding hydrogens is 92.1 g/mol. The SMILES string of the molecule is NC1=NN=C[C@H]1N. The first-order valence-corrected chi connectivity index (χ1v) is 1.93. The summed E-state index contributed by atoms with van der Waals surface area (Å²) in [5, 5.41) is 6.91. The Morgan fingerprint density at radius 1 is 1.71 bits per heavy atom. The summed E-state index contributed by atoms with van der Waals surface area (Å²) in [5.74, 6) is 0.389. The van der Waals surface area contributed by atoms with Crippen LogP contribution in [0.4, 0.5) is 0 Å². The van der Waals surface area contributed by atoms with Gasteiger partial charge in [0.05, 0.1) is 6.21 Å². The summed E-state index contributed by atoms with van der Waals surface area (Å²) in [6.07, 6.45) is 1.50. The van der Waals surface area contributed by atoms with Crippen molar-refractivity contribution in [3.05, 3.63) is 0 Å². The molecule has 1 aliphatic rings. The van der Waals surface area contributed by atoms with Crippen LogP contribution in [0.2, 0.25) is 0 Å². The number of nitrogens with two attached hydrogens (primary N) is 2. The second-order valence-corrected chi connectivity index (χ2v) is 1.32. The van der Waals surface area contributed by atoms with Gasteiger partial charge in [-0.3, -0.25) is 0 Å². The molecule has 0 aliphatic carbocycles. The number of nitrogens with zero attached hydrogens (tertiary/aromatic N) is 2. The Morgan fingerprint density at radius 2 is 2.43 bits per heavy atom. The minimum atomic E-state index is -0.250. The molecule has 0 aromatic rings. The van der Waals surface area contributed by atoms with E-state index in [0.717, 1.165) is 0 Å². The van der Waals surface area contributed by atoms with Gasteiger partial charge in [-0.05, 0) is 0 Å². The lowest BCUT2D eigenvalue weighted by molar-refractivity contribution is 1.16. The minimum Gasteiger partial charge on any atom is -0.384 e. The van der Waals surface area contributed by atoms with Crippen molar-refractivity contribution in [2.24, 2.45) is 21.7 Å². The van der Waals surface area contributed by atoms with Crippen molar-refractivity contribution >= 4 is 12.1 Å². The van der Waals surface area contributed by atoms with Crippen LogP contribution in [0, 0.1) is 0 Å². The molecule has 0 aromatic heterocycles. The second kappa shape index (κ2) is 1.31. The summed E-state index contributed by atoms with van der Waals surface area (Å²) in [4.78, 5) is 0. The molecule has 4 nitrogen and oxygen atoms in total. The van der Waals surface area contributed by atoms with Gasteiger partial charge in [0, 0.05) is 0 Å². The molecule has 1 aliphatic heterocycles. The molecule has 0 saturated carbocycles. The maximum atomic E-state index is 5.27. The average molecular weight is 98.1 g/mol. The topological polar surface area (TPSA) is 76.8 Å². The highest BCUT2D eigenvalue weighted by atomic mass is 15.3. The van der Waals surface area contributed by atoms with Crippen LogP contribution in [-0.2, 0) is 0 Å². The Morgan fingerprint density at radius 3 is 2.57 bits per heavy atom. The van der Waals surface area contributed by atoms with E-state index in [4.69, 9.17) is 11.5 Å². The third-order valence-electron chi connectivity index (χ3n) is 0.742. The predicted molar refractivity (Wildman–Crippen MR) is 28.1 cm³/mol. The van der Waals surface area contributed by atoms with E-state index >= 15 is 0 Å². The van der Waals surface area contributed by atoms with Crippen LogP contribution in [0.3, 0.4) is 0 Å². The number of hydrogen-bond donors (Lipinski definition) is 2. The van der Waals surface area contributed by atoms with Gasteiger partial charge in [0.15, 0.2) is 0 Å². The van der Waals surface area contributed by atoms with Crippen LogP contribution in [0.5, 0.6) is 0 Å². The molecule has 4 heteroatoms. The van der Waals surface area contributed by atoms with Crippen LogP contribution in [-0.4, -0.2) is 18.1 Å². The third-order valence-corrected chi connectivity index (χ3v) is 0.742. The molecule has 0 saturated heterocycles. The van der Waals surface area contributed by atoms with E-state index in [2.05, 4.69) is 10.2 Å². The van der Waals surface area contributed by atoms with Crippen molar-refractivity contribution in [1.29, 1.82) is 0 Å². The zero-order valence-electron chi connectivity index (χ0n) is 3.70. The molecule has 0 unspecified atom stereocenters. The molecule has 7 heavy (non-hydrogen) atoms. The Kier molecular flexibility index (Phi) is 0.796. The van der Waals surface area contributed by atoms with Gasteiger partial charge in [0.2, 0.25) is 0 Å². The lowest BCUT2D eigenvalue weighted by Gasteiger charge is -1.92. The lowest BCUT2D eigenvalue weighted by Crippen LogP contribution is -2.34. The van der Waals surface area contributed by atoms with Crippen molar-refractivity contribution in [1.82, 2.24) is 0 Å². The largest absolute Gasteiger partial charge is 0.384 e. The van der Waals surface area contributed by atoms with Crippen LogP contribution < -0.4 is 11.5 Å². The molecule has 0 radical (unpaired) electrons. The Balaban J connectivity index is 2.69. The van der Waals surface area contributed by atoms with Crippen LogP contribution in [0.1, 0.15) is 0 Å². The van der Waals surface area contributed by atoms with Crippen LogP contribution in [0.25, 0.3) is 0 Å². The van der Waals surface area contributed by atoms with E-state index in [1.54, 1.807) is 0 Å². The van der Waals surface area contributed by atoms with Crippen LogP contribution >= 0.6 is 0 Å². The Bertz CT molecular complexity index is 125. The fraction of sp³-hybridized carbons (Fsp3) is 0.333. The predicted octanol–water partition coefficient (Wildman–Crippen LogP) is -1.33. The van der Waals surface area contributed by atoms with Crippen molar-refractivity contribution in [3.63, 3.8) is 0 Å². The molecule has 0 bridgehead atoms. The van der Waals surface area contributed by atoms with Gasteiger partial charge in [-0.25, -0.2) is 0 Å². The Hall–Kier alpha value is -0.900. The fourth-order valence-corrected chi connectivity index (χ4v) is 0.315. The van der Waals surface area contributed by atoms with Gasteiger partial charge in [-0.2, -0.15) is 5.10 Å². The van der Waals surface area contributed by atoms with E-state index in [0.29, 0.717) is 5.84 Å². The van der Waals surface area contributed by atoms with Gasteiger partial charge in [0.1, 0.15) is 11.9 Å². The molecule has 1 heterocycles. The molecule has 4 N–H and O–H groups in total. The highest BCUT2D eigenvalue weighted by Crippen LogP contribution is 1.85. The standard InChI is InChI=1S/C3H6N4/c4-2-1-6-7-3(2)5/h1-2H,4H2,(H2,5,7)/t2-/m1/s1. The molecule has 1 atom stereocenters. The van der Waals surface area contributed by atoms with Gasteiger partial charge in [0.25, 0.3) is 0 Å². The number of rotatable bonds is 0. The van der Waals surface area contributed by atoms with E-state index in [1.807, 2.05) is 0 Å². The summed E-state index contributed by atoms with van der Waals surface area (Å²) in [7, 11) is 0. The van der Waals surface area contributed by atoms with E-state index in [1.165, 1.54) is 6.21 Å². The van der Waals surface area contributed by atoms with Gasteiger partial charge in [-0.1, -0.05) is 0 Å². The summed E-state index contributed by atoms with van der Waals surface area (Å²) >= 11 is 0. The molecular formula is C3H6N4. The molecule has 0 aromatic carbocycles. The summed E-state index contributed by atoms with van der Waals surface area (Å²) < 4.78 is 0. The van der Waals surface area contributed by atoms with Crippen molar-refractivity contribution in [2.45, 2.75) is 6.04 Å². The van der Waals surface area contributed by atoms with E-state index < -0.39 is 0 Å². The fourth-order valence-electron chi connectivity index (χ4n) is 0.315. The monoisotopic (exact) mass is 98.1 g/mol. The molecule has 1 rings (SSSR count). The first kappa shape index (κ1) is 4.26. The zero-order valence-corrected chi connectivity index (χ0v) is 3.70. The van der Waals surface area contributed by atoms with Gasteiger partial charge < -0.3 is 11.5 Å². The average Bonchev–Trinajstić information content (AvgIpc) is 1.91. The van der Waals surface area contributed by atoms with E-state index in [9.17, 15) is 0 Å². The number of hydrogen-bond acceptors (Lipinski definition) is 4. The molecule has 0 amide bonds. The zero-order chi connectivity index (χ0) is 5.28. The first-order chi connectivity index (χ1) is 3.30. The Labute approximate surface area is 40.9 Å². The van der Waals surface area contributed by atoms with E-state index in [-0.39, 0.29) is 6.04 Å². The van der Waals surface area contributed by atoms with Gasteiger partial charge in [-0.15, -0.1) is 5.10 Å². The van der Waals surface area contributed by atoms with Crippen molar-refractivity contribution in [3.8, 4) is 0 Å². The normalized spacial score (nSPS) is 28.1.